The van der Waals surface area contributed by atoms with E-state index in [0.29, 0.717) is 17.8 Å². The lowest BCUT2D eigenvalue weighted by Crippen LogP contribution is -2.27. The third-order valence-electron chi connectivity index (χ3n) is 3.40. The van der Waals surface area contributed by atoms with Crippen LogP contribution in [-0.2, 0) is 13.6 Å². The number of benzene rings is 1. The minimum absolute atomic E-state index is 0.0741. The third kappa shape index (κ3) is 3.16. The summed E-state index contributed by atoms with van der Waals surface area (Å²) in [7, 11) is 7.50. The Morgan fingerprint density at radius 1 is 1.33 bits per heavy atom. The molecule has 6 heteroatoms. The van der Waals surface area contributed by atoms with Gasteiger partial charge in [0.05, 0.1) is 17.9 Å². The van der Waals surface area contributed by atoms with Gasteiger partial charge in [-0.25, -0.2) is 4.98 Å². The van der Waals surface area contributed by atoms with Crippen LogP contribution >= 0.6 is 0 Å². The summed E-state index contributed by atoms with van der Waals surface area (Å²) in [6.07, 6.45) is 3.58. The van der Waals surface area contributed by atoms with E-state index in [1.54, 1.807) is 30.3 Å². The smallest absolute Gasteiger partial charge is 0.254 e. The van der Waals surface area contributed by atoms with Crippen LogP contribution in [0, 0.1) is 0 Å². The fourth-order valence-corrected chi connectivity index (χ4v) is 2.15. The second kappa shape index (κ2) is 5.87. The van der Waals surface area contributed by atoms with Crippen LogP contribution in [0.15, 0.2) is 30.6 Å². The predicted molar refractivity (Wildman–Crippen MR) is 84.2 cm³/mol. The van der Waals surface area contributed by atoms with Crippen molar-refractivity contribution >= 4 is 17.3 Å². The topological polar surface area (TPSA) is 67.4 Å². The van der Waals surface area contributed by atoms with E-state index in [2.05, 4.69) is 4.98 Å². The number of nitrogens with two attached hydrogens (primary N) is 1. The first-order valence-electron chi connectivity index (χ1n) is 6.68. The molecule has 1 heterocycles. The first-order valence-corrected chi connectivity index (χ1v) is 6.68. The van der Waals surface area contributed by atoms with Gasteiger partial charge in [-0.15, -0.1) is 0 Å². The normalized spacial score (nSPS) is 10.5. The molecule has 1 aromatic heterocycles. The van der Waals surface area contributed by atoms with Crippen LogP contribution in [0.2, 0.25) is 0 Å². The molecular formula is C15H21N5O. The highest BCUT2D eigenvalue weighted by atomic mass is 16.2. The number of anilines is 2. The van der Waals surface area contributed by atoms with Crippen LogP contribution in [0.25, 0.3) is 0 Å². The molecule has 1 amide bonds. The van der Waals surface area contributed by atoms with Crippen molar-refractivity contribution in [1.82, 2.24) is 14.5 Å². The van der Waals surface area contributed by atoms with Gasteiger partial charge in [0.15, 0.2) is 0 Å². The summed E-state index contributed by atoms with van der Waals surface area (Å²) in [5.74, 6) is 0.763. The number of imidazole rings is 1. The molecule has 2 N–H and O–H groups in total. The van der Waals surface area contributed by atoms with Gasteiger partial charge in [-0.3, -0.25) is 4.79 Å². The molecule has 0 aliphatic carbocycles. The molecule has 2 aromatic rings. The molecule has 0 unspecified atom stereocenters. The van der Waals surface area contributed by atoms with Crippen molar-refractivity contribution < 1.29 is 4.79 Å². The monoisotopic (exact) mass is 287 g/mol. The average Bonchev–Trinajstić information content (AvgIpc) is 2.82. The van der Waals surface area contributed by atoms with Gasteiger partial charge in [0.25, 0.3) is 5.91 Å². The summed E-state index contributed by atoms with van der Waals surface area (Å²) in [6.45, 7) is 0.456. The minimum Gasteiger partial charge on any atom is -0.397 e. The molecule has 0 fully saturated rings. The predicted octanol–water partition coefficient (Wildman–Crippen LogP) is 1.34. The van der Waals surface area contributed by atoms with Crippen molar-refractivity contribution in [2.45, 2.75) is 6.54 Å². The first kappa shape index (κ1) is 14.9. The van der Waals surface area contributed by atoms with Crippen molar-refractivity contribution in [3.8, 4) is 0 Å². The number of carbonyl (C=O) groups is 1. The fraction of sp³-hybridized carbons (Fsp3) is 0.333. The lowest BCUT2D eigenvalue weighted by atomic mass is 10.1. The molecule has 0 saturated heterocycles. The van der Waals surface area contributed by atoms with Crippen LogP contribution in [0.1, 0.15) is 16.2 Å². The van der Waals surface area contributed by atoms with Crippen molar-refractivity contribution in [2.24, 2.45) is 7.05 Å². The van der Waals surface area contributed by atoms with Crippen molar-refractivity contribution in [2.75, 3.05) is 31.8 Å². The molecule has 0 radical (unpaired) electrons. The number of amides is 1. The molecule has 0 aliphatic heterocycles. The van der Waals surface area contributed by atoms with E-state index in [4.69, 9.17) is 5.73 Å². The number of nitrogen functional groups attached to an aromatic ring is 1. The maximum Gasteiger partial charge on any atom is 0.254 e. The van der Waals surface area contributed by atoms with Gasteiger partial charge in [-0.1, -0.05) is 0 Å². The number of hydrogen-bond acceptors (Lipinski definition) is 4. The molecule has 1 aromatic carbocycles. The van der Waals surface area contributed by atoms with Crippen LogP contribution in [0.4, 0.5) is 11.4 Å². The Bertz CT molecular complexity index is 647. The Kier molecular flexibility index (Phi) is 4.16. The zero-order valence-electron chi connectivity index (χ0n) is 12.9. The lowest BCUT2D eigenvalue weighted by Gasteiger charge is -2.19. The molecule has 112 valence electrons. The Morgan fingerprint density at radius 2 is 2.05 bits per heavy atom. The van der Waals surface area contributed by atoms with Gasteiger partial charge in [0.1, 0.15) is 5.82 Å². The molecule has 0 bridgehead atoms. The van der Waals surface area contributed by atoms with Crippen LogP contribution < -0.4 is 10.6 Å². The van der Waals surface area contributed by atoms with E-state index in [1.807, 2.05) is 42.9 Å². The van der Waals surface area contributed by atoms with E-state index in [-0.39, 0.29) is 5.91 Å². The highest BCUT2D eigenvalue weighted by molar-refractivity contribution is 5.96. The number of hydrogen-bond donors (Lipinski definition) is 1. The number of aryl methyl sites for hydroxylation is 1. The third-order valence-corrected chi connectivity index (χ3v) is 3.40. The highest BCUT2D eigenvalue weighted by Crippen LogP contribution is 2.23. The number of nitrogens with zero attached hydrogens (tertiary/aromatic N) is 4. The van der Waals surface area contributed by atoms with Crippen LogP contribution in [0.3, 0.4) is 0 Å². The Labute approximate surface area is 124 Å². The molecule has 0 spiro atoms. The fourth-order valence-electron chi connectivity index (χ4n) is 2.15. The largest absolute Gasteiger partial charge is 0.397 e. The van der Waals surface area contributed by atoms with Gasteiger partial charge >= 0.3 is 0 Å². The zero-order valence-corrected chi connectivity index (χ0v) is 12.9. The second-order valence-electron chi connectivity index (χ2n) is 5.28. The Morgan fingerprint density at radius 3 is 2.57 bits per heavy atom. The maximum atomic E-state index is 12.4. The number of rotatable bonds is 4. The molecule has 0 aliphatic rings. The standard InChI is InChI=1S/C15H21N5O/c1-18(2)13-6-5-11(9-12(13)16)15(21)20(4)10-14-17-7-8-19(14)3/h5-9H,10,16H2,1-4H3. The second-order valence-corrected chi connectivity index (χ2v) is 5.28. The van der Waals surface area contributed by atoms with E-state index in [9.17, 15) is 4.79 Å². The Hall–Kier alpha value is -2.50. The first-order chi connectivity index (χ1) is 9.90. The summed E-state index contributed by atoms with van der Waals surface area (Å²) < 4.78 is 1.90. The van der Waals surface area contributed by atoms with E-state index < -0.39 is 0 Å². The molecule has 21 heavy (non-hydrogen) atoms. The highest BCUT2D eigenvalue weighted by Gasteiger charge is 2.15. The average molecular weight is 287 g/mol. The zero-order chi connectivity index (χ0) is 15.6. The molecule has 6 nitrogen and oxygen atoms in total. The van der Waals surface area contributed by atoms with Crippen LogP contribution in [0.5, 0.6) is 0 Å². The van der Waals surface area contributed by atoms with E-state index >= 15 is 0 Å². The van der Waals surface area contributed by atoms with Gasteiger partial charge in [-0.2, -0.15) is 0 Å². The summed E-state index contributed by atoms with van der Waals surface area (Å²) in [5, 5.41) is 0. The van der Waals surface area contributed by atoms with Gasteiger partial charge < -0.3 is 20.1 Å². The van der Waals surface area contributed by atoms with Gasteiger partial charge in [0, 0.05) is 46.1 Å². The summed E-state index contributed by atoms with van der Waals surface area (Å²) >= 11 is 0. The molecule has 0 atom stereocenters. The Balaban J connectivity index is 2.16. The number of aromatic nitrogens is 2. The number of carbonyl (C=O) groups excluding carboxylic acids is 1. The quantitative estimate of drug-likeness (QED) is 0.862. The summed E-state index contributed by atoms with van der Waals surface area (Å²) in [4.78, 5) is 20.2. The van der Waals surface area contributed by atoms with Gasteiger partial charge in [-0.05, 0) is 18.2 Å². The molecule has 0 saturated carbocycles. The molecular weight excluding hydrogens is 266 g/mol. The minimum atomic E-state index is -0.0741. The maximum absolute atomic E-state index is 12.4. The molecule has 2 rings (SSSR count). The lowest BCUT2D eigenvalue weighted by molar-refractivity contribution is 0.0780. The van der Waals surface area contributed by atoms with Gasteiger partial charge in [0.2, 0.25) is 0 Å². The van der Waals surface area contributed by atoms with Crippen molar-refractivity contribution in [3.63, 3.8) is 0 Å². The van der Waals surface area contributed by atoms with Crippen molar-refractivity contribution in [1.29, 1.82) is 0 Å². The summed E-state index contributed by atoms with van der Waals surface area (Å²) in [5.41, 5.74) is 8.07. The van der Waals surface area contributed by atoms with Crippen LogP contribution in [-0.4, -0.2) is 41.5 Å². The SMILES string of the molecule is CN(Cc1nccn1C)C(=O)c1ccc(N(C)C)c(N)c1. The summed E-state index contributed by atoms with van der Waals surface area (Å²) in [6, 6.07) is 5.37. The van der Waals surface area contributed by atoms with E-state index in [1.165, 1.54) is 0 Å². The van der Waals surface area contributed by atoms with E-state index in [0.717, 1.165) is 11.5 Å². The van der Waals surface area contributed by atoms with Crippen molar-refractivity contribution in [3.05, 3.63) is 42.0 Å².